The van der Waals surface area contributed by atoms with E-state index in [9.17, 15) is 14.9 Å². The molecule has 0 radical (unpaired) electrons. The number of likely N-dealkylation sites (tertiary alicyclic amines) is 1. The molecule has 0 aliphatic carbocycles. The van der Waals surface area contributed by atoms with Gasteiger partial charge in [0.25, 0.3) is 0 Å². The van der Waals surface area contributed by atoms with Crippen molar-refractivity contribution >= 4 is 23.4 Å². The lowest BCUT2D eigenvalue weighted by molar-refractivity contribution is -0.385. The molecule has 1 aliphatic heterocycles. The number of thioether (sulfide) groups is 1. The van der Waals surface area contributed by atoms with E-state index in [2.05, 4.69) is 5.32 Å². The normalized spacial score (nSPS) is 15.1. The predicted molar refractivity (Wildman–Crippen MR) is 104 cm³/mol. The van der Waals surface area contributed by atoms with Gasteiger partial charge in [-0.05, 0) is 50.4 Å². The van der Waals surface area contributed by atoms with Crippen LogP contribution in [0.25, 0.3) is 0 Å². The van der Waals surface area contributed by atoms with Crippen LogP contribution in [0.1, 0.15) is 24.8 Å². The second kappa shape index (κ2) is 10.4. The molecule has 26 heavy (non-hydrogen) atoms. The van der Waals surface area contributed by atoms with Crippen LogP contribution in [-0.4, -0.2) is 55.3 Å². The van der Waals surface area contributed by atoms with E-state index in [0.29, 0.717) is 17.4 Å². The Bertz CT molecular complexity index is 618. The highest BCUT2D eigenvalue weighted by Gasteiger charge is 2.22. The van der Waals surface area contributed by atoms with Gasteiger partial charge in [0.2, 0.25) is 5.91 Å². The number of benzene rings is 1. The molecule has 1 saturated heterocycles. The molecule has 1 amide bonds. The van der Waals surface area contributed by atoms with Gasteiger partial charge in [0.15, 0.2) is 5.75 Å². The van der Waals surface area contributed by atoms with Crippen LogP contribution < -0.4 is 10.1 Å². The largest absolute Gasteiger partial charge is 0.490 e. The van der Waals surface area contributed by atoms with E-state index in [0.717, 1.165) is 38.0 Å². The second-order valence-electron chi connectivity index (χ2n) is 6.47. The first-order chi connectivity index (χ1) is 12.5. The first kappa shape index (κ1) is 20.5. The van der Waals surface area contributed by atoms with Crippen LogP contribution in [0, 0.1) is 16.0 Å². The van der Waals surface area contributed by atoms with Gasteiger partial charge < -0.3 is 15.0 Å². The van der Waals surface area contributed by atoms with Crippen LogP contribution in [0.3, 0.4) is 0 Å². The number of carbonyl (C=O) groups is 1. The minimum atomic E-state index is -0.448. The number of methoxy groups -OCH3 is 1. The Morgan fingerprint density at radius 3 is 2.77 bits per heavy atom. The number of hydrogen-bond donors (Lipinski definition) is 1. The number of amides is 1. The lowest BCUT2D eigenvalue weighted by atomic mass is 9.93. The zero-order valence-electron chi connectivity index (χ0n) is 15.4. The topological polar surface area (TPSA) is 84.7 Å². The Kier molecular flexibility index (Phi) is 8.18. The molecule has 7 nitrogen and oxygen atoms in total. The van der Waals surface area contributed by atoms with Crippen molar-refractivity contribution < 1.29 is 14.5 Å². The summed E-state index contributed by atoms with van der Waals surface area (Å²) in [5.74, 6) is 2.08. The summed E-state index contributed by atoms with van der Waals surface area (Å²) in [7, 11) is 3.38. The molecule has 8 heteroatoms. The number of piperidine rings is 1. The number of rotatable bonds is 9. The zero-order valence-corrected chi connectivity index (χ0v) is 16.2. The number of nitrogens with one attached hydrogen (secondary N) is 1. The third kappa shape index (κ3) is 5.88. The maximum Gasteiger partial charge on any atom is 0.311 e. The SMILES string of the molecule is CNCCC1CCN(C(=O)CSCc2ccc(OC)c([N+](=O)[O-])c2)CC1. The van der Waals surface area contributed by atoms with Gasteiger partial charge in [-0.2, -0.15) is 0 Å². The molecule has 1 heterocycles. The van der Waals surface area contributed by atoms with E-state index in [4.69, 9.17) is 4.74 Å². The van der Waals surface area contributed by atoms with E-state index in [1.54, 1.807) is 12.1 Å². The summed E-state index contributed by atoms with van der Waals surface area (Å²) in [6.07, 6.45) is 3.31. The molecule has 0 saturated carbocycles. The molecular formula is C18H27N3O4S. The lowest BCUT2D eigenvalue weighted by Crippen LogP contribution is -2.39. The van der Waals surface area contributed by atoms with Gasteiger partial charge in [0.1, 0.15) is 0 Å². The van der Waals surface area contributed by atoms with Gasteiger partial charge in [0, 0.05) is 24.9 Å². The number of ether oxygens (including phenoxy) is 1. The number of carbonyl (C=O) groups excluding carboxylic acids is 1. The lowest BCUT2D eigenvalue weighted by Gasteiger charge is -2.32. The van der Waals surface area contributed by atoms with Crippen LogP contribution in [0.5, 0.6) is 5.75 Å². The summed E-state index contributed by atoms with van der Waals surface area (Å²) in [6, 6.07) is 4.92. The Morgan fingerprint density at radius 1 is 1.42 bits per heavy atom. The average Bonchev–Trinajstić information content (AvgIpc) is 2.66. The average molecular weight is 381 g/mol. The van der Waals surface area contributed by atoms with E-state index in [-0.39, 0.29) is 17.3 Å². The molecule has 1 aromatic carbocycles. The quantitative estimate of drug-likeness (QED) is 0.523. The van der Waals surface area contributed by atoms with Gasteiger partial charge >= 0.3 is 5.69 Å². The second-order valence-corrected chi connectivity index (χ2v) is 7.46. The molecule has 0 bridgehead atoms. The van der Waals surface area contributed by atoms with Crippen molar-refractivity contribution in [2.24, 2.45) is 5.92 Å². The maximum absolute atomic E-state index is 12.3. The number of nitrogens with zero attached hydrogens (tertiary/aromatic N) is 2. The third-order valence-corrected chi connectivity index (χ3v) is 5.69. The molecule has 0 spiro atoms. The highest BCUT2D eigenvalue weighted by Crippen LogP contribution is 2.29. The number of hydrogen-bond acceptors (Lipinski definition) is 6. The first-order valence-electron chi connectivity index (χ1n) is 8.86. The van der Waals surface area contributed by atoms with Gasteiger partial charge in [-0.3, -0.25) is 14.9 Å². The van der Waals surface area contributed by atoms with Crippen molar-refractivity contribution in [3.63, 3.8) is 0 Å². The van der Waals surface area contributed by atoms with Gasteiger partial charge in [-0.1, -0.05) is 6.07 Å². The predicted octanol–water partition coefficient (Wildman–Crippen LogP) is 2.68. The van der Waals surface area contributed by atoms with E-state index >= 15 is 0 Å². The van der Waals surface area contributed by atoms with Gasteiger partial charge in [-0.15, -0.1) is 11.8 Å². The zero-order chi connectivity index (χ0) is 18.9. The summed E-state index contributed by atoms with van der Waals surface area (Å²) in [4.78, 5) is 24.9. The van der Waals surface area contributed by atoms with Crippen LogP contribution in [-0.2, 0) is 10.5 Å². The molecule has 1 fully saturated rings. The first-order valence-corrected chi connectivity index (χ1v) is 10.0. The number of nitro groups is 1. The standard InChI is InChI=1S/C18H27N3O4S/c1-19-8-5-14-6-9-20(10-7-14)18(22)13-26-12-15-3-4-17(25-2)16(11-15)21(23)24/h3-4,11,14,19H,5-10,12-13H2,1-2H3. The van der Waals surface area contributed by atoms with Crippen LogP contribution in [0.15, 0.2) is 18.2 Å². The van der Waals surface area contributed by atoms with Crippen molar-refractivity contribution in [1.29, 1.82) is 0 Å². The molecule has 2 rings (SSSR count). The molecule has 1 N–H and O–H groups in total. The van der Waals surface area contributed by atoms with E-state index in [1.807, 2.05) is 11.9 Å². The Hall–Kier alpha value is -1.80. The Morgan fingerprint density at radius 2 is 2.15 bits per heavy atom. The molecule has 0 aromatic heterocycles. The third-order valence-electron chi connectivity index (χ3n) is 4.70. The molecular weight excluding hydrogens is 354 g/mol. The monoisotopic (exact) mass is 381 g/mol. The minimum absolute atomic E-state index is 0.0411. The van der Waals surface area contributed by atoms with Crippen molar-refractivity contribution in [3.05, 3.63) is 33.9 Å². The Balaban J connectivity index is 1.77. The van der Waals surface area contributed by atoms with Gasteiger partial charge in [-0.25, -0.2) is 0 Å². The highest BCUT2D eigenvalue weighted by atomic mass is 32.2. The summed E-state index contributed by atoms with van der Waals surface area (Å²) in [5.41, 5.74) is 0.779. The van der Waals surface area contributed by atoms with Crippen molar-refractivity contribution in [1.82, 2.24) is 10.2 Å². The summed E-state index contributed by atoms with van der Waals surface area (Å²) in [6.45, 7) is 2.70. The molecule has 1 aliphatic rings. The van der Waals surface area contributed by atoms with E-state index in [1.165, 1.54) is 31.4 Å². The van der Waals surface area contributed by atoms with Crippen molar-refractivity contribution in [2.75, 3.05) is 39.5 Å². The summed E-state index contributed by atoms with van der Waals surface area (Å²) in [5, 5.41) is 14.2. The fraction of sp³-hybridized carbons (Fsp3) is 0.611. The van der Waals surface area contributed by atoms with Crippen LogP contribution in [0.4, 0.5) is 5.69 Å². The molecule has 0 unspecified atom stereocenters. The Labute approximate surface area is 158 Å². The fourth-order valence-corrected chi connectivity index (χ4v) is 4.01. The minimum Gasteiger partial charge on any atom is -0.490 e. The molecule has 1 aromatic rings. The highest BCUT2D eigenvalue weighted by molar-refractivity contribution is 7.99. The maximum atomic E-state index is 12.3. The fourth-order valence-electron chi connectivity index (χ4n) is 3.14. The summed E-state index contributed by atoms with van der Waals surface area (Å²) < 4.78 is 5.00. The van der Waals surface area contributed by atoms with Crippen LogP contribution >= 0.6 is 11.8 Å². The molecule has 0 atom stereocenters. The van der Waals surface area contributed by atoms with E-state index < -0.39 is 4.92 Å². The van der Waals surface area contributed by atoms with Crippen LogP contribution in [0.2, 0.25) is 0 Å². The number of nitro benzene ring substituents is 1. The smallest absolute Gasteiger partial charge is 0.311 e. The van der Waals surface area contributed by atoms with Crippen molar-refractivity contribution in [3.8, 4) is 5.75 Å². The van der Waals surface area contributed by atoms with Crippen molar-refractivity contribution in [2.45, 2.75) is 25.0 Å². The summed E-state index contributed by atoms with van der Waals surface area (Å²) >= 11 is 1.49. The molecule has 144 valence electrons. The van der Waals surface area contributed by atoms with Gasteiger partial charge in [0.05, 0.1) is 17.8 Å².